The molecule has 2 bridgehead atoms. The third kappa shape index (κ3) is 4.63. The fourth-order valence-electron chi connectivity index (χ4n) is 6.32. The fraction of sp³-hybridized carbons (Fsp3) is 0.720. The van der Waals surface area contributed by atoms with Crippen LogP contribution in [0.15, 0.2) is 30.3 Å². The summed E-state index contributed by atoms with van der Waals surface area (Å²) in [6.07, 6.45) is 6.20. The quantitative estimate of drug-likeness (QED) is 0.383. The molecule has 4 aliphatic rings. The summed E-state index contributed by atoms with van der Waals surface area (Å²) in [5.41, 5.74) is 13.0. The van der Waals surface area contributed by atoms with Crippen LogP contribution in [0.25, 0.3) is 0 Å². The van der Waals surface area contributed by atoms with Crippen molar-refractivity contribution in [3.63, 3.8) is 0 Å². The Bertz CT molecular complexity index is 792. The number of hydrogen-bond acceptors (Lipinski definition) is 5. The molecule has 3 unspecified atom stereocenters. The van der Waals surface area contributed by atoms with Gasteiger partial charge in [0.25, 0.3) is 0 Å². The maximum absolute atomic E-state index is 12.8. The molecule has 1 amide bonds. The van der Waals surface area contributed by atoms with Gasteiger partial charge in [0.2, 0.25) is 5.91 Å². The average Bonchev–Trinajstić information content (AvgIpc) is 3.09. The molecule has 32 heavy (non-hydrogen) atoms. The second-order valence-corrected chi connectivity index (χ2v) is 10.9. The molecule has 3 saturated carbocycles. The van der Waals surface area contributed by atoms with E-state index in [0.717, 1.165) is 31.6 Å². The van der Waals surface area contributed by atoms with Gasteiger partial charge in [-0.1, -0.05) is 50.6 Å². The Kier molecular flexibility index (Phi) is 7.01. The standard InChI is InChI=1S/C25H40BN3O3/c1-24(2)18-14-21(24)25(3)22(15-18)31-26(32-25)16-19(13-17-9-5-4-6-10-17)29-23(30)20(28)11-7-8-12-27/h4-6,9-10,18-22H,7-8,11-16,27-28H2,1-3H3,(H,29,30)/t18?,19-,20-,21?,22?,25-/m1/s1. The van der Waals surface area contributed by atoms with Crippen LogP contribution in [0, 0.1) is 17.3 Å². The molecule has 0 aromatic heterocycles. The molecule has 176 valence electrons. The number of rotatable bonds is 10. The van der Waals surface area contributed by atoms with Crippen molar-refractivity contribution in [2.75, 3.05) is 6.54 Å². The first-order chi connectivity index (χ1) is 15.2. The smallest absolute Gasteiger partial charge is 0.405 e. The van der Waals surface area contributed by atoms with E-state index in [4.69, 9.17) is 20.8 Å². The van der Waals surface area contributed by atoms with E-state index in [-0.39, 0.29) is 30.8 Å². The van der Waals surface area contributed by atoms with Crippen LogP contribution < -0.4 is 16.8 Å². The Morgan fingerprint density at radius 1 is 1.22 bits per heavy atom. The molecule has 3 aliphatic carbocycles. The van der Waals surface area contributed by atoms with Crippen molar-refractivity contribution in [1.82, 2.24) is 5.32 Å². The van der Waals surface area contributed by atoms with E-state index in [1.807, 2.05) is 18.2 Å². The van der Waals surface area contributed by atoms with Crippen molar-refractivity contribution in [2.24, 2.45) is 28.7 Å². The monoisotopic (exact) mass is 441 g/mol. The van der Waals surface area contributed by atoms with E-state index in [1.54, 1.807) is 0 Å². The van der Waals surface area contributed by atoms with E-state index >= 15 is 0 Å². The van der Waals surface area contributed by atoms with Crippen molar-refractivity contribution in [1.29, 1.82) is 0 Å². The lowest BCUT2D eigenvalue weighted by molar-refractivity contribution is -0.199. The van der Waals surface area contributed by atoms with E-state index in [2.05, 4.69) is 38.2 Å². The zero-order valence-electron chi connectivity index (χ0n) is 19.9. The first-order valence-electron chi connectivity index (χ1n) is 12.4. The Morgan fingerprint density at radius 2 is 1.97 bits per heavy atom. The summed E-state index contributed by atoms with van der Waals surface area (Å²) in [5.74, 6) is 1.15. The maximum atomic E-state index is 12.8. The Hall–Kier alpha value is -1.41. The van der Waals surface area contributed by atoms with Gasteiger partial charge < -0.3 is 26.1 Å². The van der Waals surface area contributed by atoms with Gasteiger partial charge in [-0.15, -0.1) is 0 Å². The molecule has 1 heterocycles. The van der Waals surface area contributed by atoms with Crippen LogP contribution in [0.5, 0.6) is 0 Å². The predicted molar refractivity (Wildman–Crippen MR) is 128 cm³/mol. The van der Waals surface area contributed by atoms with E-state index in [1.165, 1.54) is 12.0 Å². The molecule has 1 saturated heterocycles. The highest BCUT2D eigenvalue weighted by molar-refractivity contribution is 6.45. The van der Waals surface area contributed by atoms with Gasteiger partial charge in [-0.05, 0) is 68.4 Å². The topological polar surface area (TPSA) is 99.6 Å². The van der Waals surface area contributed by atoms with Crippen molar-refractivity contribution in [3.05, 3.63) is 35.9 Å². The van der Waals surface area contributed by atoms with Crippen LogP contribution in [-0.4, -0.2) is 43.4 Å². The Morgan fingerprint density at radius 3 is 2.66 bits per heavy atom. The normalized spacial score (nSPS) is 32.0. The number of amides is 1. The zero-order chi connectivity index (χ0) is 22.9. The lowest BCUT2D eigenvalue weighted by Crippen LogP contribution is -2.65. The van der Waals surface area contributed by atoms with Gasteiger partial charge in [-0.3, -0.25) is 4.79 Å². The van der Waals surface area contributed by atoms with Crippen LogP contribution in [0.3, 0.4) is 0 Å². The molecule has 5 rings (SSSR count). The van der Waals surface area contributed by atoms with Crippen LogP contribution in [-0.2, 0) is 20.5 Å². The summed E-state index contributed by atoms with van der Waals surface area (Å²) in [6, 6.07) is 9.64. The maximum Gasteiger partial charge on any atom is 0.459 e. The third-order valence-corrected chi connectivity index (χ3v) is 8.46. The molecular formula is C25H40BN3O3. The van der Waals surface area contributed by atoms with Crippen LogP contribution in [0.4, 0.5) is 0 Å². The minimum absolute atomic E-state index is 0.0952. The van der Waals surface area contributed by atoms with Gasteiger partial charge in [-0.25, -0.2) is 0 Å². The number of carbonyl (C=O) groups is 1. The third-order valence-electron chi connectivity index (χ3n) is 8.46. The molecule has 1 aliphatic heterocycles. The summed E-state index contributed by atoms with van der Waals surface area (Å²) in [5, 5.41) is 3.20. The lowest BCUT2D eigenvalue weighted by atomic mass is 9.43. The number of benzene rings is 1. The minimum atomic E-state index is -0.515. The van der Waals surface area contributed by atoms with Gasteiger partial charge in [0.15, 0.2) is 0 Å². The summed E-state index contributed by atoms with van der Waals surface area (Å²) in [6.45, 7) is 7.60. The number of carbonyl (C=O) groups excluding carboxylic acids is 1. The van der Waals surface area contributed by atoms with Crippen molar-refractivity contribution in [2.45, 2.75) is 89.4 Å². The molecule has 0 radical (unpaired) electrons. The van der Waals surface area contributed by atoms with Crippen molar-refractivity contribution < 1.29 is 14.1 Å². The number of nitrogens with one attached hydrogen (secondary N) is 1. The first-order valence-corrected chi connectivity index (χ1v) is 12.4. The molecule has 1 aromatic carbocycles. The highest BCUT2D eigenvalue weighted by Gasteiger charge is 2.67. The van der Waals surface area contributed by atoms with E-state index in [9.17, 15) is 4.79 Å². The van der Waals surface area contributed by atoms with Gasteiger partial charge >= 0.3 is 7.12 Å². The van der Waals surface area contributed by atoms with Crippen molar-refractivity contribution in [3.8, 4) is 0 Å². The van der Waals surface area contributed by atoms with Gasteiger partial charge in [0.05, 0.1) is 17.7 Å². The Labute approximate surface area is 193 Å². The number of nitrogens with two attached hydrogens (primary N) is 2. The second kappa shape index (κ2) is 9.45. The molecule has 1 aromatic rings. The predicted octanol–water partition coefficient (Wildman–Crippen LogP) is 2.90. The molecular weight excluding hydrogens is 401 g/mol. The summed E-state index contributed by atoms with van der Waals surface area (Å²) < 4.78 is 13.0. The summed E-state index contributed by atoms with van der Waals surface area (Å²) in [7, 11) is -0.303. The fourth-order valence-corrected chi connectivity index (χ4v) is 6.32. The SMILES string of the molecule is CC1(C)C2CC3OB(C[C@@H](Cc4ccccc4)NC(=O)[C@H](N)CCCCN)O[C@]3(C)C1C2. The molecule has 6 atom stereocenters. The van der Waals surface area contributed by atoms with Crippen LogP contribution in [0.2, 0.25) is 6.32 Å². The molecule has 0 spiro atoms. The molecule has 6 nitrogen and oxygen atoms in total. The van der Waals surface area contributed by atoms with Gasteiger partial charge in [-0.2, -0.15) is 0 Å². The summed E-state index contributed by atoms with van der Waals surface area (Å²) in [4.78, 5) is 12.8. The lowest BCUT2D eigenvalue weighted by Gasteiger charge is -2.64. The number of unbranched alkanes of at least 4 members (excludes halogenated alkanes) is 1. The minimum Gasteiger partial charge on any atom is -0.405 e. The molecule has 5 N–H and O–H groups in total. The molecule has 7 heteroatoms. The van der Waals surface area contributed by atoms with Gasteiger partial charge in [0.1, 0.15) is 0 Å². The van der Waals surface area contributed by atoms with Crippen LogP contribution >= 0.6 is 0 Å². The van der Waals surface area contributed by atoms with E-state index < -0.39 is 6.04 Å². The van der Waals surface area contributed by atoms with Crippen molar-refractivity contribution >= 4 is 13.0 Å². The van der Waals surface area contributed by atoms with E-state index in [0.29, 0.717) is 30.6 Å². The second-order valence-electron chi connectivity index (χ2n) is 10.9. The zero-order valence-corrected chi connectivity index (χ0v) is 19.9. The highest BCUT2D eigenvalue weighted by atomic mass is 16.7. The average molecular weight is 441 g/mol. The highest BCUT2D eigenvalue weighted by Crippen LogP contribution is 2.65. The van der Waals surface area contributed by atoms with Crippen LogP contribution in [0.1, 0.15) is 58.4 Å². The first kappa shape index (κ1) is 23.7. The Balaban J connectivity index is 1.41. The summed E-state index contributed by atoms with van der Waals surface area (Å²) >= 11 is 0. The van der Waals surface area contributed by atoms with Gasteiger partial charge in [0, 0.05) is 12.4 Å². The number of hydrogen-bond donors (Lipinski definition) is 3. The molecule has 4 fully saturated rings. The largest absolute Gasteiger partial charge is 0.459 e.